The van der Waals surface area contributed by atoms with E-state index in [1.165, 1.54) is 12.0 Å². The Morgan fingerprint density at radius 2 is 1.84 bits per heavy atom. The Kier molecular flexibility index (Phi) is 10.6. The molecule has 0 saturated heterocycles. The highest BCUT2D eigenvalue weighted by molar-refractivity contribution is 6.10. The average molecular weight is 501 g/mol. The van der Waals surface area contributed by atoms with Gasteiger partial charge in [-0.15, -0.1) is 6.58 Å². The van der Waals surface area contributed by atoms with Crippen molar-refractivity contribution in [3.05, 3.63) is 90.1 Å². The standard InChI is InChI=1S/C19H23N5O.C11H17N/c1-4-8-14-9-6-7-10-16(14)24-12-11-23(3)17-15(18(24)25)13-21-19(22-17)20-5-2;1-10(8-9-12-2)11-6-4-3-5-7-11/h4,6-7,9-10,13H,1,5,8,11-12H2,2-3H3,(H,20,21,22);3-7,10,12H,8-9H2,1-2H3. The van der Waals surface area contributed by atoms with Gasteiger partial charge in [0.25, 0.3) is 5.91 Å². The second-order valence-electron chi connectivity index (χ2n) is 9.17. The first-order chi connectivity index (χ1) is 18.0. The predicted molar refractivity (Wildman–Crippen MR) is 155 cm³/mol. The lowest BCUT2D eigenvalue weighted by atomic mass is 9.98. The molecule has 1 aliphatic rings. The predicted octanol–water partition coefficient (Wildman–Crippen LogP) is 5.13. The number of likely N-dealkylation sites (N-methyl/N-ethyl adjacent to an activating group) is 1. The van der Waals surface area contributed by atoms with E-state index in [0.29, 0.717) is 36.3 Å². The van der Waals surface area contributed by atoms with Crippen molar-refractivity contribution in [3.8, 4) is 0 Å². The smallest absolute Gasteiger partial charge is 0.263 e. The summed E-state index contributed by atoms with van der Waals surface area (Å²) in [6.45, 7) is 11.2. The molecule has 196 valence electrons. The van der Waals surface area contributed by atoms with Crippen LogP contribution in [0.1, 0.15) is 47.7 Å². The molecule has 7 nitrogen and oxygen atoms in total. The number of nitrogens with zero attached hydrogens (tertiary/aromatic N) is 4. The number of allylic oxidation sites excluding steroid dienone is 1. The molecule has 1 atom stereocenters. The van der Waals surface area contributed by atoms with Gasteiger partial charge in [-0.1, -0.05) is 61.5 Å². The van der Waals surface area contributed by atoms with Crippen LogP contribution in [-0.4, -0.2) is 56.1 Å². The summed E-state index contributed by atoms with van der Waals surface area (Å²) >= 11 is 0. The van der Waals surface area contributed by atoms with Gasteiger partial charge in [0.2, 0.25) is 5.95 Å². The maximum atomic E-state index is 13.2. The number of fused-ring (bicyclic) bond motifs is 1. The van der Waals surface area contributed by atoms with Crippen LogP contribution in [0, 0.1) is 0 Å². The number of para-hydroxylation sites is 1. The minimum atomic E-state index is -0.0705. The minimum Gasteiger partial charge on any atom is -0.357 e. The molecule has 3 aromatic rings. The van der Waals surface area contributed by atoms with E-state index in [4.69, 9.17) is 0 Å². The number of carbonyl (C=O) groups is 1. The molecule has 0 fully saturated rings. The number of benzene rings is 2. The Bertz CT molecular complexity index is 1150. The summed E-state index contributed by atoms with van der Waals surface area (Å²) in [4.78, 5) is 25.8. The van der Waals surface area contributed by atoms with E-state index in [9.17, 15) is 4.79 Å². The molecule has 1 unspecified atom stereocenters. The number of hydrogen-bond acceptors (Lipinski definition) is 6. The summed E-state index contributed by atoms with van der Waals surface area (Å²) in [7, 11) is 3.95. The lowest BCUT2D eigenvalue weighted by molar-refractivity contribution is 0.0989. The lowest BCUT2D eigenvalue weighted by Crippen LogP contribution is -2.34. The highest BCUT2D eigenvalue weighted by Crippen LogP contribution is 2.28. The fraction of sp³-hybridized carbons (Fsp3) is 0.367. The number of aromatic nitrogens is 2. The molecule has 0 aliphatic carbocycles. The molecule has 0 bridgehead atoms. The first-order valence-electron chi connectivity index (χ1n) is 13.0. The Morgan fingerprint density at radius 1 is 1.11 bits per heavy atom. The summed E-state index contributed by atoms with van der Waals surface area (Å²) in [6, 6.07) is 18.6. The molecule has 1 aromatic heterocycles. The molecule has 1 aliphatic heterocycles. The first kappa shape index (κ1) is 27.9. The van der Waals surface area contributed by atoms with Crippen LogP contribution >= 0.6 is 0 Å². The molecule has 37 heavy (non-hydrogen) atoms. The van der Waals surface area contributed by atoms with Gasteiger partial charge in [-0.3, -0.25) is 4.79 Å². The Labute approximate surface area is 221 Å². The van der Waals surface area contributed by atoms with Crippen LogP contribution in [0.2, 0.25) is 0 Å². The molecular weight excluding hydrogens is 460 g/mol. The Morgan fingerprint density at radius 3 is 2.54 bits per heavy atom. The van der Waals surface area contributed by atoms with Crippen molar-refractivity contribution in [2.24, 2.45) is 0 Å². The van der Waals surface area contributed by atoms with Crippen LogP contribution in [-0.2, 0) is 6.42 Å². The van der Waals surface area contributed by atoms with E-state index in [1.807, 2.05) is 61.2 Å². The molecule has 2 heterocycles. The zero-order valence-corrected chi connectivity index (χ0v) is 22.6. The second kappa shape index (κ2) is 14.1. The van der Waals surface area contributed by atoms with E-state index in [-0.39, 0.29) is 5.91 Å². The number of rotatable bonds is 9. The molecule has 0 saturated carbocycles. The van der Waals surface area contributed by atoms with E-state index in [2.05, 4.69) is 64.4 Å². The third kappa shape index (κ3) is 7.40. The van der Waals surface area contributed by atoms with Crippen molar-refractivity contribution in [1.29, 1.82) is 0 Å². The Hall–Kier alpha value is -3.71. The van der Waals surface area contributed by atoms with Gasteiger partial charge in [0.1, 0.15) is 11.4 Å². The fourth-order valence-corrected chi connectivity index (χ4v) is 4.30. The van der Waals surface area contributed by atoms with Crippen molar-refractivity contribution >= 4 is 23.4 Å². The van der Waals surface area contributed by atoms with Crippen LogP contribution < -0.4 is 20.4 Å². The maximum Gasteiger partial charge on any atom is 0.263 e. The van der Waals surface area contributed by atoms with Crippen LogP contribution in [0.15, 0.2) is 73.4 Å². The topological polar surface area (TPSA) is 73.4 Å². The zero-order chi connectivity index (χ0) is 26.6. The fourth-order valence-electron chi connectivity index (χ4n) is 4.30. The summed E-state index contributed by atoms with van der Waals surface area (Å²) in [6.07, 6.45) is 5.40. The van der Waals surface area contributed by atoms with Crippen molar-refractivity contribution in [2.75, 3.05) is 55.4 Å². The summed E-state index contributed by atoms with van der Waals surface area (Å²) in [5.41, 5.74) is 3.97. The molecule has 2 N–H and O–H groups in total. The van der Waals surface area contributed by atoms with E-state index < -0.39 is 0 Å². The number of nitrogens with one attached hydrogen (secondary N) is 2. The third-order valence-electron chi connectivity index (χ3n) is 6.44. The van der Waals surface area contributed by atoms with Crippen LogP contribution in [0.3, 0.4) is 0 Å². The Balaban J connectivity index is 0.000000266. The van der Waals surface area contributed by atoms with Gasteiger partial charge in [-0.05, 0) is 56.5 Å². The quantitative estimate of drug-likeness (QED) is 0.397. The first-order valence-corrected chi connectivity index (χ1v) is 13.0. The summed E-state index contributed by atoms with van der Waals surface area (Å²) < 4.78 is 0. The van der Waals surface area contributed by atoms with Crippen molar-refractivity contribution in [3.63, 3.8) is 0 Å². The molecule has 2 aromatic carbocycles. The van der Waals surface area contributed by atoms with Gasteiger partial charge in [0.15, 0.2) is 0 Å². The van der Waals surface area contributed by atoms with Gasteiger partial charge in [-0.2, -0.15) is 4.98 Å². The lowest BCUT2D eigenvalue weighted by Gasteiger charge is -2.23. The van der Waals surface area contributed by atoms with Crippen molar-refractivity contribution in [1.82, 2.24) is 15.3 Å². The molecule has 0 radical (unpaired) electrons. The summed E-state index contributed by atoms with van der Waals surface area (Å²) in [5, 5.41) is 6.27. The van der Waals surface area contributed by atoms with Crippen molar-refractivity contribution < 1.29 is 4.79 Å². The van der Waals surface area contributed by atoms with Gasteiger partial charge < -0.3 is 20.4 Å². The average Bonchev–Trinajstić information content (AvgIpc) is 3.05. The number of hydrogen-bond donors (Lipinski definition) is 2. The van der Waals surface area contributed by atoms with Crippen molar-refractivity contribution in [2.45, 2.75) is 32.6 Å². The SMILES string of the molecule is C=CCc1ccccc1N1CCN(C)c2nc(NCC)ncc2C1=O.CNCCC(C)c1ccccc1. The summed E-state index contributed by atoms with van der Waals surface area (Å²) in [5.74, 6) is 1.80. The van der Waals surface area contributed by atoms with Gasteiger partial charge in [0.05, 0.1) is 0 Å². The molecule has 1 amide bonds. The van der Waals surface area contributed by atoms with E-state index >= 15 is 0 Å². The molecular formula is C30H40N6O. The highest BCUT2D eigenvalue weighted by Gasteiger charge is 2.28. The molecule has 4 rings (SSSR count). The van der Waals surface area contributed by atoms with Gasteiger partial charge >= 0.3 is 0 Å². The van der Waals surface area contributed by atoms with Crippen LogP contribution in [0.25, 0.3) is 0 Å². The minimum absolute atomic E-state index is 0.0705. The van der Waals surface area contributed by atoms with E-state index in [1.54, 1.807) is 6.20 Å². The van der Waals surface area contributed by atoms with Gasteiger partial charge in [-0.25, -0.2) is 4.98 Å². The molecule has 7 heteroatoms. The zero-order valence-electron chi connectivity index (χ0n) is 22.6. The van der Waals surface area contributed by atoms with Crippen LogP contribution in [0.5, 0.6) is 0 Å². The van der Waals surface area contributed by atoms with Gasteiger partial charge in [0, 0.05) is 38.6 Å². The highest BCUT2D eigenvalue weighted by atomic mass is 16.2. The third-order valence-corrected chi connectivity index (χ3v) is 6.44. The monoisotopic (exact) mass is 500 g/mol. The number of amides is 1. The van der Waals surface area contributed by atoms with E-state index in [0.717, 1.165) is 30.8 Å². The second-order valence-corrected chi connectivity index (χ2v) is 9.17. The number of anilines is 3. The largest absolute Gasteiger partial charge is 0.357 e. The number of carbonyl (C=O) groups excluding carboxylic acids is 1. The maximum absolute atomic E-state index is 13.2. The van der Waals surface area contributed by atoms with Crippen LogP contribution in [0.4, 0.5) is 17.5 Å². The molecule has 0 spiro atoms. The normalized spacial score (nSPS) is 13.7.